The molecule has 1 fully saturated rings. The van der Waals surface area contributed by atoms with Crippen LogP contribution in [0.15, 0.2) is 66.2 Å². The molecule has 1 saturated heterocycles. The number of aryl methyl sites for hydroxylation is 2. The number of carbonyl (C=O) groups is 2. The van der Waals surface area contributed by atoms with Crippen LogP contribution < -0.4 is 19.3 Å². The van der Waals surface area contributed by atoms with Crippen molar-refractivity contribution in [1.29, 1.82) is 0 Å². The maximum Gasteiger partial charge on any atom is 0.300 e. The van der Waals surface area contributed by atoms with Gasteiger partial charge in [0.1, 0.15) is 17.3 Å². The molecule has 0 bridgehead atoms. The Labute approximate surface area is 223 Å². The van der Waals surface area contributed by atoms with E-state index < -0.39 is 17.7 Å². The van der Waals surface area contributed by atoms with Gasteiger partial charge in [0.15, 0.2) is 0 Å². The van der Waals surface area contributed by atoms with Crippen molar-refractivity contribution in [3.63, 3.8) is 0 Å². The first kappa shape index (κ1) is 26.8. The van der Waals surface area contributed by atoms with Crippen molar-refractivity contribution in [2.75, 3.05) is 31.0 Å². The van der Waals surface area contributed by atoms with Crippen LogP contribution in [0.25, 0.3) is 5.76 Å². The third-order valence-corrected chi connectivity index (χ3v) is 6.53. The molecule has 7 nitrogen and oxygen atoms in total. The number of ether oxygens (including phenoxy) is 2. The monoisotopic (exact) mass is 514 g/mol. The summed E-state index contributed by atoms with van der Waals surface area (Å²) in [6.45, 7) is 7.65. The molecule has 1 atom stereocenters. The standard InChI is InChI=1S/C31H34N2O5/c1-18(2)38-24-14-12-23(13-15-24)33-27(21-8-10-22(11-9-21)32(5)6)26(29(35)31(33)36)28(34)25-17-19(3)16-20(4)30(25)37-7/h8-18,27,34H,1-7H3/b28-26+. The Kier molecular flexibility index (Phi) is 7.49. The molecular weight excluding hydrogens is 480 g/mol. The van der Waals surface area contributed by atoms with E-state index in [4.69, 9.17) is 9.47 Å². The largest absolute Gasteiger partial charge is 0.507 e. The number of ketones is 1. The number of carbonyl (C=O) groups excluding carboxylic acids is 2. The highest BCUT2D eigenvalue weighted by Crippen LogP contribution is 2.44. The molecule has 1 unspecified atom stereocenters. The topological polar surface area (TPSA) is 79.3 Å². The van der Waals surface area contributed by atoms with E-state index >= 15 is 0 Å². The Hall–Kier alpha value is -4.26. The minimum atomic E-state index is -0.839. The Morgan fingerprint density at radius 1 is 0.974 bits per heavy atom. The zero-order valence-corrected chi connectivity index (χ0v) is 22.9. The van der Waals surface area contributed by atoms with Crippen molar-refractivity contribution < 1.29 is 24.2 Å². The Morgan fingerprint density at radius 3 is 2.16 bits per heavy atom. The van der Waals surface area contributed by atoms with Crippen molar-refractivity contribution in [2.45, 2.75) is 39.8 Å². The van der Waals surface area contributed by atoms with Gasteiger partial charge in [-0.3, -0.25) is 14.5 Å². The third-order valence-electron chi connectivity index (χ3n) is 6.53. The molecule has 1 aliphatic rings. The molecule has 0 spiro atoms. The smallest absolute Gasteiger partial charge is 0.300 e. The van der Waals surface area contributed by atoms with Gasteiger partial charge in [0.05, 0.1) is 30.4 Å². The van der Waals surface area contributed by atoms with Crippen LogP contribution in [0.3, 0.4) is 0 Å². The van der Waals surface area contributed by atoms with Gasteiger partial charge in [-0.1, -0.05) is 18.2 Å². The van der Waals surface area contributed by atoms with E-state index in [9.17, 15) is 14.7 Å². The van der Waals surface area contributed by atoms with Crippen LogP contribution in [0, 0.1) is 13.8 Å². The van der Waals surface area contributed by atoms with Gasteiger partial charge in [0, 0.05) is 25.5 Å². The number of anilines is 2. The molecule has 1 aliphatic heterocycles. The van der Waals surface area contributed by atoms with Crippen LogP contribution in [0.1, 0.15) is 42.1 Å². The number of benzene rings is 3. The van der Waals surface area contributed by atoms with Gasteiger partial charge in [0.2, 0.25) is 0 Å². The fourth-order valence-corrected chi connectivity index (χ4v) is 4.87. The molecule has 198 valence electrons. The van der Waals surface area contributed by atoms with E-state index in [1.165, 1.54) is 12.0 Å². The number of hydrogen-bond donors (Lipinski definition) is 1. The summed E-state index contributed by atoms with van der Waals surface area (Å²) in [6, 6.07) is 17.5. The summed E-state index contributed by atoms with van der Waals surface area (Å²) in [4.78, 5) is 30.5. The van der Waals surface area contributed by atoms with Crippen LogP contribution in [0.2, 0.25) is 0 Å². The number of amides is 1. The number of Topliss-reactive ketones (excluding diaryl/α,β-unsaturated/α-hetero) is 1. The van der Waals surface area contributed by atoms with E-state index in [2.05, 4.69) is 0 Å². The van der Waals surface area contributed by atoms with Crippen molar-refractivity contribution in [3.05, 3.63) is 88.5 Å². The lowest BCUT2D eigenvalue weighted by Gasteiger charge is -2.26. The molecule has 1 heterocycles. The van der Waals surface area contributed by atoms with E-state index in [-0.39, 0.29) is 17.4 Å². The number of nitrogens with zero attached hydrogens (tertiary/aromatic N) is 2. The molecule has 0 saturated carbocycles. The van der Waals surface area contributed by atoms with Gasteiger partial charge in [-0.25, -0.2) is 0 Å². The van der Waals surface area contributed by atoms with Gasteiger partial charge in [0.25, 0.3) is 11.7 Å². The highest BCUT2D eigenvalue weighted by atomic mass is 16.5. The average molecular weight is 515 g/mol. The molecule has 0 radical (unpaired) electrons. The summed E-state index contributed by atoms with van der Waals surface area (Å²) in [7, 11) is 5.40. The molecule has 3 aromatic carbocycles. The molecule has 0 aliphatic carbocycles. The average Bonchev–Trinajstić information content (AvgIpc) is 3.13. The van der Waals surface area contributed by atoms with Crippen LogP contribution in [-0.2, 0) is 9.59 Å². The summed E-state index contributed by atoms with van der Waals surface area (Å²) in [5.74, 6) is -0.624. The van der Waals surface area contributed by atoms with Gasteiger partial charge >= 0.3 is 0 Å². The van der Waals surface area contributed by atoms with Gasteiger partial charge in [-0.05, 0) is 86.8 Å². The first-order valence-electron chi connectivity index (χ1n) is 12.5. The SMILES string of the molecule is COc1c(C)cc(C)cc1/C(O)=C1\C(=O)C(=O)N(c2ccc(OC(C)C)cc2)C1c1ccc(N(C)C)cc1. The zero-order chi connectivity index (χ0) is 27.7. The first-order valence-corrected chi connectivity index (χ1v) is 12.5. The predicted octanol–water partition coefficient (Wildman–Crippen LogP) is 5.79. The molecule has 1 N–H and O–H groups in total. The highest BCUT2D eigenvalue weighted by molar-refractivity contribution is 6.51. The fraction of sp³-hybridized carbons (Fsp3) is 0.290. The first-order chi connectivity index (χ1) is 18.0. The fourth-order valence-electron chi connectivity index (χ4n) is 4.87. The van der Waals surface area contributed by atoms with E-state index in [1.807, 2.05) is 77.0 Å². The second kappa shape index (κ2) is 10.6. The Morgan fingerprint density at radius 2 is 1.61 bits per heavy atom. The Bertz CT molecular complexity index is 1390. The van der Waals surface area contributed by atoms with Crippen molar-refractivity contribution >= 4 is 28.8 Å². The number of hydrogen-bond acceptors (Lipinski definition) is 6. The highest BCUT2D eigenvalue weighted by Gasteiger charge is 2.47. The molecule has 38 heavy (non-hydrogen) atoms. The number of aliphatic hydroxyl groups is 1. The Balaban J connectivity index is 1.93. The zero-order valence-electron chi connectivity index (χ0n) is 22.9. The number of rotatable bonds is 7. The minimum Gasteiger partial charge on any atom is -0.507 e. The summed E-state index contributed by atoms with van der Waals surface area (Å²) < 4.78 is 11.3. The van der Waals surface area contributed by atoms with Crippen molar-refractivity contribution in [1.82, 2.24) is 0 Å². The lowest BCUT2D eigenvalue weighted by atomic mass is 9.93. The molecular formula is C31H34N2O5. The molecule has 3 aromatic rings. The summed E-state index contributed by atoms with van der Waals surface area (Å²) in [6.07, 6.45) is -0.00180. The predicted molar refractivity (Wildman–Crippen MR) is 150 cm³/mol. The molecule has 4 rings (SSSR count). The quantitative estimate of drug-likeness (QED) is 0.244. The van der Waals surface area contributed by atoms with Crippen molar-refractivity contribution in [3.8, 4) is 11.5 Å². The van der Waals surface area contributed by atoms with E-state index in [1.54, 1.807) is 30.3 Å². The van der Waals surface area contributed by atoms with Crippen LogP contribution >= 0.6 is 0 Å². The van der Waals surface area contributed by atoms with Gasteiger partial charge < -0.3 is 19.5 Å². The maximum absolute atomic E-state index is 13.6. The summed E-state index contributed by atoms with van der Waals surface area (Å²) in [5, 5.41) is 11.6. The van der Waals surface area contributed by atoms with Crippen LogP contribution in [-0.4, -0.2) is 44.1 Å². The van der Waals surface area contributed by atoms with Crippen LogP contribution in [0.5, 0.6) is 11.5 Å². The van der Waals surface area contributed by atoms with Crippen molar-refractivity contribution in [2.24, 2.45) is 0 Å². The molecule has 0 aromatic heterocycles. The number of methoxy groups -OCH3 is 1. The lowest BCUT2D eigenvalue weighted by molar-refractivity contribution is -0.132. The third kappa shape index (κ3) is 4.96. The molecule has 1 amide bonds. The maximum atomic E-state index is 13.6. The molecule has 7 heteroatoms. The second-order valence-corrected chi connectivity index (χ2v) is 9.98. The number of aliphatic hydroxyl groups excluding tert-OH is 1. The normalized spacial score (nSPS) is 16.7. The van der Waals surface area contributed by atoms with Gasteiger partial charge in [-0.15, -0.1) is 0 Å². The van der Waals surface area contributed by atoms with E-state index in [0.29, 0.717) is 28.3 Å². The minimum absolute atomic E-state index is 0.00180. The van der Waals surface area contributed by atoms with Crippen LogP contribution in [0.4, 0.5) is 11.4 Å². The second-order valence-electron chi connectivity index (χ2n) is 9.98. The van der Waals surface area contributed by atoms with Gasteiger partial charge in [-0.2, -0.15) is 0 Å². The summed E-state index contributed by atoms with van der Waals surface area (Å²) in [5.41, 5.74) is 4.29. The van der Waals surface area contributed by atoms with E-state index in [0.717, 1.165) is 16.8 Å². The summed E-state index contributed by atoms with van der Waals surface area (Å²) >= 11 is 0. The lowest BCUT2D eigenvalue weighted by Crippen LogP contribution is -2.29.